The smallest absolute Gasteiger partial charge is 0.411 e. The molecule has 0 heterocycles. The molecule has 1 rings (SSSR count). The zero-order chi connectivity index (χ0) is 19.2. The van der Waals surface area contributed by atoms with Gasteiger partial charge in [-0.25, -0.2) is 4.79 Å². The number of carbonyl (C=O) groups is 1. The van der Waals surface area contributed by atoms with Crippen LogP contribution in [0.5, 0.6) is 5.75 Å². The van der Waals surface area contributed by atoms with Crippen LogP contribution in [0, 0.1) is 6.92 Å². The number of benzene rings is 1. The number of carbonyl (C=O) groups excluding carboxylic acids is 1. The molecule has 26 heavy (non-hydrogen) atoms. The number of aryl methyl sites for hydroxylation is 1. The molecule has 1 N–H and O–H groups in total. The Balaban J connectivity index is 2.40. The van der Waals surface area contributed by atoms with Gasteiger partial charge in [-0.2, -0.15) is 0 Å². The van der Waals surface area contributed by atoms with Gasteiger partial charge in [0.15, 0.2) is 0 Å². The maximum Gasteiger partial charge on any atom is 0.411 e. The summed E-state index contributed by atoms with van der Waals surface area (Å²) in [5.41, 5.74) is 1.72. The van der Waals surface area contributed by atoms with Crippen molar-refractivity contribution in [2.24, 2.45) is 0 Å². The number of nitrogens with zero attached hydrogens (tertiary/aromatic N) is 1. The van der Waals surface area contributed by atoms with E-state index in [0.29, 0.717) is 13.2 Å². The fourth-order valence-corrected chi connectivity index (χ4v) is 2.60. The largest absolute Gasteiger partial charge is 0.494 e. The Morgan fingerprint density at radius 2 is 1.69 bits per heavy atom. The lowest BCUT2D eigenvalue weighted by molar-refractivity contribution is 0.138. The highest BCUT2D eigenvalue weighted by Gasteiger charge is 2.09. The van der Waals surface area contributed by atoms with Crippen molar-refractivity contribution in [3.05, 3.63) is 23.8 Å². The number of anilines is 1. The molecule has 0 aliphatic carbocycles. The summed E-state index contributed by atoms with van der Waals surface area (Å²) in [4.78, 5) is 14.4. The quantitative estimate of drug-likeness (QED) is 0.520. The molecule has 148 valence electrons. The Labute approximate surface area is 159 Å². The van der Waals surface area contributed by atoms with Gasteiger partial charge in [0.1, 0.15) is 12.4 Å². The van der Waals surface area contributed by atoms with E-state index in [2.05, 4.69) is 31.0 Å². The molecular weight excluding hydrogens is 328 g/mol. The number of rotatable bonds is 13. The Morgan fingerprint density at radius 1 is 1.00 bits per heavy atom. The van der Waals surface area contributed by atoms with Gasteiger partial charge in [0, 0.05) is 12.2 Å². The van der Waals surface area contributed by atoms with Crippen LogP contribution in [0.15, 0.2) is 18.2 Å². The van der Waals surface area contributed by atoms with Gasteiger partial charge >= 0.3 is 6.09 Å². The molecule has 0 spiro atoms. The van der Waals surface area contributed by atoms with Crippen LogP contribution in [-0.2, 0) is 4.74 Å². The third kappa shape index (κ3) is 9.09. The van der Waals surface area contributed by atoms with Crippen molar-refractivity contribution in [3.8, 4) is 5.75 Å². The summed E-state index contributed by atoms with van der Waals surface area (Å²) in [6.45, 7) is 12.5. The summed E-state index contributed by atoms with van der Waals surface area (Å²) in [6, 6.07) is 5.66. The minimum absolute atomic E-state index is 0.402. The van der Waals surface area contributed by atoms with Crippen LogP contribution >= 0.6 is 0 Å². The standard InChI is InChI=1S/C21H36N2O3/c1-5-8-12-23(13-9-6-2)14-16-26-21(24)22-20-11-10-19(17-18(20)4)25-15-7-3/h10-11,17H,5-9,12-16H2,1-4H3,(H,22,24). The summed E-state index contributed by atoms with van der Waals surface area (Å²) >= 11 is 0. The van der Waals surface area contributed by atoms with E-state index in [1.807, 2.05) is 25.1 Å². The van der Waals surface area contributed by atoms with E-state index in [0.717, 1.165) is 43.1 Å². The van der Waals surface area contributed by atoms with E-state index in [1.165, 1.54) is 25.7 Å². The van der Waals surface area contributed by atoms with E-state index in [4.69, 9.17) is 9.47 Å². The molecule has 5 heteroatoms. The normalized spacial score (nSPS) is 10.8. The minimum Gasteiger partial charge on any atom is -0.494 e. The van der Waals surface area contributed by atoms with Gasteiger partial charge < -0.3 is 9.47 Å². The average molecular weight is 365 g/mol. The molecule has 0 atom stereocenters. The molecule has 0 saturated heterocycles. The molecule has 1 aromatic carbocycles. The molecule has 1 amide bonds. The zero-order valence-electron chi connectivity index (χ0n) is 17.0. The van der Waals surface area contributed by atoms with Crippen molar-refractivity contribution in [1.82, 2.24) is 4.90 Å². The molecule has 0 saturated carbocycles. The zero-order valence-corrected chi connectivity index (χ0v) is 17.0. The van der Waals surface area contributed by atoms with Crippen molar-refractivity contribution in [1.29, 1.82) is 0 Å². The minimum atomic E-state index is -0.402. The van der Waals surface area contributed by atoms with Crippen molar-refractivity contribution in [2.75, 3.05) is 38.2 Å². The fourth-order valence-electron chi connectivity index (χ4n) is 2.60. The summed E-state index contributed by atoms with van der Waals surface area (Å²) < 4.78 is 11.0. The highest BCUT2D eigenvalue weighted by Crippen LogP contribution is 2.21. The van der Waals surface area contributed by atoms with Gasteiger partial charge in [-0.15, -0.1) is 0 Å². The first kappa shape index (κ1) is 22.3. The highest BCUT2D eigenvalue weighted by atomic mass is 16.5. The number of ether oxygens (including phenoxy) is 2. The molecule has 0 unspecified atom stereocenters. The van der Waals surface area contributed by atoms with E-state index < -0.39 is 6.09 Å². The van der Waals surface area contributed by atoms with E-state index >= 15 is 0 Å². The van der Waals surface area contributed by atoms with Crippen LogP contribution < -0.4 is 10.1 Å². The molecule has 1 aromatic rings. The summed E-state index contributed by atoms with van der Waals surface area (Å²) in [5.74, 6) is 0.825. The van der Waals surface area contributed by atoms with Gasteiger partial charge in [-0.3, -0.25) is 10.2 Å². The molecule has 0 aliphatic heterocycles. The lowest BCUT2D eigenvalue weighted by Crippen LogP contribution is -2.31. The molecular formula is C21H36N2O3. The Hall–Kier alpha value is -1.75. The first-order valence-corrected chi connectivity index (χ1v) is 10.00. The van der Waals surface area contributed by atoms with E-state index in [-0.39, 0.29) is 0 Å². The van der Waals surface area contributed by atoms with E-state index in [9.17, 15) is 4.79 Å². The van der Waals surface area contributed by atoms with Crippen molar-refractivity contribution >= 4 is 11.8 Å². The number of hydrogen-bond donors (Lipinski definition) is 1. The molecule has 0 fully saturated rings. The number of amides is 1. The molecule has 5 nitrogen and oxygen atoms in total. The van der Waals surface area contributed by atoms with Gasteiger partial charge in [-0.05, 0) is 63.0 Å². The van der Waals surface area contributed by atoms with E-state index in [1.54, 1.807) is 0 Å². The van der Waals surface area contributed by atoms with Crippen LogP contribution in [0.3, 0.4) is 0 Å². The first-order chi connectivity index (χ1) is 12.6. The maximum atomic E-state index is 12.0. The first-order valence-electron chi connectivity index (χ1n) is 10.00. The Kier molecular flexibility index (Phi) is 11.5. The van der Waals surface area contributed by atoms with Crippen molar-refractivity contribution < 1.29 is 14.3 Å². The van der Waals surface area contributed by atoms with Gasteiger partial charge in [0.05, 0.1) is 6.61 Å². The van der Waals surface area contributed by atoms with Crippen molar-refractivity contribution in [3.63, 3.8) is 0 Å². The number of nitrogens with one attached hydrogen (secondary N) is 1. The van der Waals surface area contributed by atoms with Crippen LogP contribution in [0.1, 0.15) is 58.4 Å². The predicted molar refractivity (Wildman–Crippen MR) is 108 cm³/mol. The third-order valence-corrected chi connectivity index (χ3v) is 4.20. The van der Waals surface area contributed by atoms with Crippen molar-refractivity contribution in [2.45, 2.75) is 59.8 Å². The second-order valence-corrected chi connectivity index (χ2v) is 6.63. The van der Waals surface area contributed by atoms with Crippen LogP contribution in [0.4, 0.5) is 10.5 Å². The topological polar surface area (TPSA) is 50.8 Å². The van der Waals surface area contributed by atoms with Crippen LogP contribution in [-0.4, -0.2) is 43.8 Å². The maximum absolute atomic E-state index is 12.0. The molecule has 0 radical (unpaired) electrons. The van der Waals surface area contributed by atoms with Crippen LogP contribution in [0.25, 0.3) is 0 Å². The number of hydrogen-bond acceptors (Lipinski definition) is 4. The van der Waals surface area contributed by atoms with Gasteiger partial charge in [0.2, 0.25) is 0 Å². The average Bonchev–Trinajstić information content (AvgIpc) is 2.63. The molecule has 0 aromatic heterocycles. The SMILES string of the molecule is CCCCN(CCCC)CCOC(=O)Nc1ccc(OCCC)cc1C. The molecule has 0 bridgehead atoms. The van der Waals surface area contributed by atoms with Gasteiger partial charge in [-0.1, -0.05) is 33.6 Å². The second-order valence-electron chi connectivity index (χ2n) is 6.63. The summed E-state index contributed by atoms with van der Waals surface area (Å²) in [5, 5.41) is 2.82. The Morgan fingerprint density at radius 3 is 2.27 bits per heavy atom. The van der Waals surface area contributed by atoms with Gasteiger partial charge in [0.25, 0.3) is 0 Å². The monoisotopic (exact) mass is 364 g/mol. The summed E-state index contributed by atoms with van der Waals surface area (Å²) in [6.07, 6.45) is 5.30. The summed E-state index contributed by atoms with van der Waals surface area (Å²) in [7, 11) is 0. The third-order valence-electron chi connectivity index (χ3n) is 4.20. The molecule has 0 aliphatic rings. The fraction of sp³-hybridized carbons (Fsp3) is 0.667. The highest BCUT2D eigenvalue weighted by molar-refractivity contribution is 5.85. The van der Waals surface area contributed by atoms with Crippen LogP contribution in [0.2, 0.25) is 0 Å². The lowest BCUT2D eigenvalue weighted by Gasteiger charge is -2.21. The lowest BCUT2D eigenvalue weighted by atomic mass is 10.2. The predicted octanol–water partition coefficient (Wildman–Crippen LogP) is 5.23. The Bertz CT molecular complexity index is 512. The second kappa shape index (κ2) is 13.5. The number of unbranched alkanes of at least 4 members (excludes halogenated alkanes) is 2.